The van der Waals surface area contributed by atoms with Crippen molar-refractivity contribution in [2.24, 2.45) is 10.8 Å². The summed E-state index contributed by atoms with van der Waals surface area (Å²) in [5, 5.41) is 3.16. The molecule has 0 aliphatic heterocycles. The average molecular weight is 278 g/mol. The number of hydrogen-bond donors (Lipinski definition) is 3. The van der Waals surface area contributed by atoms with Crippen molar-refractivity contribution >= 4 is 11.6 Å². The zero-order valence-electron chi connectivity index (χ0n) is 12.0. The molecule has 0 spiro atoms. The monoisotopic (exact) mass is 278 g/mol. The zero-order chi connectivity index (χ0) is 14.4. The summed E-state index contributed by atoms with van der Waals surface area (Å²) < 4.78 is 10.5. The number of methoxy groups -OCH3 is 2. The van der Waals surface area contributed by atoms with Crippen LogP contribution in [0, 0.1) is 0 Å². The summed E-state index contributed by atoms with van der Waals surface area (Å²) in [4.78, 5) is 4.59. The van der Waals surface area contributed by atoms with Gasteiger partial charge in [0.2, 0.25) is 5.96 Å². The first-order valence-corrected chi connectivity index (χ1v) is 6.80. The lowest BCUT2D eigenvalue weighted by Gasteiger charge is -2.15. The molecule has 0 unspecified atom stereocenters. The van der Waals surface area contributed by atoms with Crippen molar-refractivity contribution in [3.05, 3.63) is 18.2 Å². The molecule has 1 aromatic rings. The summed E-state index contributed by atoms with van der Waals surface area (Å²) in [5.74, 6) is 7.51. The molecule has 0 atom stereocenters. The van der Waals surface area contributed by atoms with Crippen LogP contribution in [0.4, 0.5) is 5.69 Å². The van der Waals surface area contributed by atoms with E-state index in [1.54, 1.807) is 14.2 Å². The SMILES string of the molecule is COc1ccc(NC(=NC2CCCC2)NN)c(OC)c1. The van der Waals surface area contributed by atoms with Crippen molar-refractivity contribution < 1.29 is 9.47 Å². The topological polar surface area (TPSA) is 80.9 Å². The van der Waals surface area contributed by atoms with Crippen LogP contribution in [0.15, 0.2) is 23.2 Å². The maximum Gasteiger partial charge on any atom is 0.210 e. The van der Waals surface area contributed by atoms with Crippen LogP contribution in [0.2, 0.25) is 0 Å². The van der Waals surface area contributed by atoms with Gasteiger partial charge in [-0.1, -0.05) is 12.8 Å². The molecule has 1 aliphatic carbocycles. The first-order chi connectivity index (χ1) is 9.76. The highest BCUT2D eigenvalue weighted by atomic mass is 16.5. The van der Waals surface area contributed by atoms with Crippen molar-refractivity contribution in [1.82, 2.24) is 5.43 Å². The highest BCUT2D eigenvalue weighted by Gasteiger charge is 2.15. The third-order valence-electron chi connectivity index (χ3n) is 3.43. The Morgan fingerprint density at radius 2 is 2.00 bits per heavy atom. The number of hydrogen-bond acceptors (Lipinski definition) is 4. The Kier molecular flexibility index (Phi) is 5.06. The zero-order valence-corrected chi connectivity index (χ0v) is 12.0. The van der Waals surface area contributed by atoms with Crippen LogP contribution >= 0.6 is 0 Å². The van der Waals surface area contributed by atoms with Gasteiger partial charge in [0.05, 0.1) is 25.9 Å². The average Bonchev–Trinajstić information content (AvgIpc) is 2.99. The predicted molar refractivity (Wildman–Crippen MR) is 80.2 cm³/mol. The first kappa shape index (κ1) is 14.5. The first-order valence-electron chi connectivity index (χ1n) is 6.80. The third kappa shape index (κ3) is 3.54. The standard InChI is InChI=1S/C14H22N4O2/c1-19-11-7-8-12(13(9-11)20-2)17-14(18-15)16-10-5-3-4-6-10/h7-10H,3-6,15H2,1-2H3,(H2,16,17,18). The number of benzene rings is 1. The molecule has 0 aromatic heterocycles. The Balaban J connectivity index is 2.14. The van der Waals surface area contributed by atoms with Gasteiger partial charge in [0, 0.05) is 6.07 Å². The molecule has 1 saturated carbocycles. The van der Waals surface area contributed by atoms with E-state index < -0.39 is 0 Å². The Hall–Kier alpha value is -1.95. The number of nitrogens with two attached hydrogens (primary N) is 1. The Labute approximate surface area is 119 Å². The smallest absolute Gasteiger partial charge is 0.210 e. The second-order valence-electron chi connectivity index (χ2n) is 4.75. The van der Waals surface area contributed by atoms with Crippen molar-refractivity contribution in [3.63, 3.8) is 0 Å². The van der Waals surface area contributed by atoms with Crippen LogP contribution in [0.5, 0.6) is 11.5 Å². The van der Waals surface area contributed by atoms with E-state index in [4.69, 9.17) is 15.3 Å². The molecule has 0 bridgehead atoms. The molecule has 1 aliphatic rings. The van der Waals surface area contributed by atoms with E-state index in [0.29, 0.717) is 17.8 Å². The molecule has 1 aromatic carbocycles. The number of hydrazine groups is 1. The van der Waals surface area contributed by atoms with Gasteiger partial charge in [0.25, 0.3) is 0 Å². The minimum atomic E-state index is 0.345. The third-order valence-corrected chi connectivity index (χ3v) is 3.43. The number of guanidine groups is 1. The fourth-order valence-electron chi connectivity index (χ4n) is 2.35. The van der Waals surface area contributed by atoms with E-state index in [0.717, 1.165) is 24.3 Å². The summed E-state index contributed by atoms with van der Waals surface area (Å²) in [5.41, 5.74) is 3.40. The van der Waals surface area contributed by atoms with E-state index >= 15 is 0 Å². The number of rotatable bonds is 4. The van der Waals surface area contributed by atoms with Gasteiger partial charge in [0.1, 0.15) is 11.5 Å². The lowest BCUT2D eigenvalue weighted by molar-refractivity contribution is 0.395. The molecule has 0 radical (unpaired) electrons. The minimum Gasteiger partial charge on any atom is -0.497 e. The molecular formula is C14H22N4O2. The number of aliphatic imine (C=N–C) groups is 1. The number of ether oxygens (including phenoxy) is 2. The van der Waals surface area contributed by atoms with Gasteiger partial charge in [-0.3, -0.25) is 5.43 Å². The van der Waals surface area contributed by atoms with Crippen LogP contribution in [0.1, 0.15) is 25.7 Å². The summed E-state index contributed by atoms with van der Waals surface area (Å²) in [6.45, 7) is 0. The number of nitrogens with zero attached hydrogens (tertiary/aromatic N) is 1. The van der Waals surface area contributed by atoms with Crippen LogP contribution in [0.3, 0.4) is 0 Å². The van der Waals surface area contributed by atoms with Crippen LogP contribution in [0.25, 0.3) is 0 Å². The Morgan fingerprint density at radius 3 is 2.60 bits per heavy atom. The molecule has 4 N–H and O–H groups in total. The highest BCUT2D eigenvalue weighted by Crippen LogP contribution is 2.29. The minimum absolute atomic E-state index is 0.345. The largest absolute Gasteiger partial charge is 0.497 e. The normalized spacial score (nSPS) is 16.1. The Morgan fingerprint density at radius 1 is 1.25 bits per heavy atom. The van der Waals surface area contributed by atoms with E-state index in [1.807, 2.05) is 18.2 Å². The molecule has 20 heavy (non-hydrogen) atoms. The molecule has 1 fully saturated rings. The maximum atomic E-state index is 5.54. The lowest BCUT2D eigenvalue weighted by atomic mass is 10.2. The van der Waals surface area contributed by atoms with Crippen molar-refractivity contribution in [2.75, 3.05) is 19.5 Å². The van der Waals surface area contributed by atoms with Crippen molar-refractivity contribution in [3.8, 4) is 11.5 Å². The van der Waals surface area contributed by atoms with Gasteiger partial charge >= 0.3 is 0 Å². The van der Waals surface area contributed by atoms with Gasteiger partial charge in [-0.15, -0.1) is 0 Å². The highest BCUT2D eigenvalue weighted by molar-refractivity contribution is 5.94. The quantitative estimate of drug-likeness (QED) is 0.339. The predicted octanol–water partition coefficient (Wildman–Crippen LogP) is 1.88. The van der Waals surface area contributed by atoms with Gasteiger partial charge in [-0.25, -0.2) is 10.8 Å². The van der Waals surface area contributed by atoms with E-state index in [-0.39, 0.29) is 0 Å². The summed E-state index contributed by atoms with van der Waals surface area (Å²) in [7, 11) is 3.24. The van der Waals surface area contributed by atoms with Gasteiger partial charge in [-0.2, -0.15) is 0 Å². The molecule has 6 heteroatoms. The fourth-order valence-corrected chi connectivity index (χ4v) is 2.35. The van der Waals surface area contributed by atoms with Gasteiger partial charge in [-0.05, 0) is 25.0 Å². The maximum absolute atomic E-state index is 5.54. The van der Waals surface area contributed by atoms with Crippen molar-refractivity contribution in [1.29, 1.82) is 0 Å². The molecular weight excluding hydrogens is 256 g/mol. The summed E-state index contributed by atoms with van der Waals surface area (Å²) >= 11 is 0. The van der Waals surface area contributed by atoms with Crippen molar-refractivity contribution in [2.45, 2.75) is 31.7 Å². The van der Waals surface area contributed by atoms with Crippen LogP contribution in [-0.4, -0.2) is 26.2 Å². The summed E-state index contributed by atoms with van der Waals surface area (Å²) in [6.07, 6.45) is 4.70. The molecule has 110 valence electrons. The molecule has 0 amide bonds. The Bertz CT molecular complexity index is 470. The second-order valence-corrected chi connectivity index (χ2v) is 4.75. The summed E-state index contributed by atoms with van der Waals surface area (Å²) in [6, 6.07) is 5.89. The van der Waals surface area contributed by atoms with E-state index in [2.05, 4.69) is 15.7 Å². The molecule has 0 heterocycles. The molecule has 6 nitrogen and oxygen atoms in total. The van der Waals surface area contributed by atoms with Crippen LogP contribution < -0.4 is 26.1 Å². The molecule has 2 rings (SSSR count). The second kappa shape index (κ2) is 7.00. The lowest BCUT2D eigenvalue weighted by Crippen LogP contribution is -2.37. The van der Waals surface area contributed by atoms with Crippen LogP contribution in [-0.2, 0) is 0 Å². The van der Waals surface area contributed by atoms with Gasteiger partial charge < -0.3 is 14.8 Å². The molecule has 0 saturated heterocycles. The van der Waals surface area contributed by atoms with Gasteiger partial charge in [0.15, 0.2) is 0 Å². The van der Waals surface area contributed by atoms with E-state index in [9.17, 15) is 0 Å². The number of nitrogens with one attached hydrogen (secondary N) is 2. The van der Waals surface area contributed by atoms with E-state index in [1.165, 1.54) is 12.8 Å². The fraction of sp³-hybridized carbons (Fsp3) is 0.500. The number of anilines is 1.